The number of halogens is 3. The van der Waals surface area contributed by atoms with Crippen LogP contribution in [-0.2, 0) is 16.4 Å². The lowest BCUT2D eigenvalue weighted by atomic mass is 9.93. The predicted molar refractivity (Wildman–Crippen MR) is 167 cm³/mol. The van der Waals surface area contributed by atoms with E-state index >= 15 is 0 Å². The number of nitrogens with zero attached hydrogens (tertiary/aromatic N) is 4. The first-order valence-corrected chi connectivity index (χ1v) is 17.3. The van der Waals surface area contributed by atoms with Crippen molar-refractivity contribution in [1.29, 1.82) is 0 Å². The number of pyridine rings is 1. The monoisotopic (exact) mass is 644 g/mol. The molecule has 0 radical (unpaired) electrons. The normalized spacial score (nSPS) is 19.1. The zero-order valence-corrected chi connectivity index (χ0v) is 26.7. The third-order valence-electron chi connectivity index (χ3n) is 9.07. The zero-order chi connectivity index (χ0) is 31.4. The summed E-state index contributed by atoms with van der Waals surface area (Å²) in [4.78, 5) is 18.9. The van der Waals surface area contributed by atoms with Crippen LogP contribution in [0.2, 0.25) is 0 Å². The molecule has 2 N–H and O–H groups in total. The molecule has 8 nitrogen and oxygen atoms in total. The van der Waals surface area contributed by atoms with Crippen molar-refractivity contribution in [3.63, 3.8) is 0 Å². The quantitative estimate of drug-likeness (QED) is 0.187. The van der Waals surface area contributed by atoms with E-state index in [1.807, 2.05) is 33.0 Å². The molecular formula is C31H35F3N6O2S2. The molecule has 13 heteroatoms. The lowest BCUT2D eigenvalue weighted by Crippen LogP contribution is -2.40. The summed E-state index contributed by atoms with van der Waals surface area (Å²) >= 11 is 1.52. The van der Waals surface area contributed by atoms with Crippen LogP contribution < -0.4 is 10.6 Å². The first-order valence-electron chi connectivity index (χ1n) is 14.9. The molecule has 3 heterocycles. The molecule has 1 aromatic carbocycles. The van der Waals surface area contributed by atoms with E-state index in [4.69, 9.17) is 9.97 Å². The van der Waals surface area contributed by atoms with Crippen LogP contribution in [0, 0.1) is 30.3 Å². The number of thiazole rings is 1. The molecule has 2 aliphatic carbocycles. The minimum Gasteiger partial charge on any atom is -0.367 e. The fourth-order valence-electron chi connectivity index (χ4n) is 6.12. The van der Waals surface area contributed by atoms with Gasteiger partial charge in [0.1, 0.15) is 33.8 Å². The molecule has 234 valence electrons. The second-order valence-corrected chi connectivity index (χ2v) is 16.1. The fraction of sp³-hybridized carbons (Fsp3) is 0.484. The smallest absolute Gasteiger partial charge is 0.225 e. The van der Waals surface area contributed by atoms with E-state index in [-0.39, 0.29) is 35.8 Å². The number of hydrogen-bond donors (Lipinski definition) is 2. The summed E-state index contributed by atoms with van der Waals surface area (Å²) in [6.45, 7) is 6.83. The molecule has 6 rings (SSSR count). The number of rotatable bonds is 10. The maximum atomic E-state index is 14.3. The summed E-state index contributed by atoms with van der Waals surface area (Å²) in [6.07, 6.45) is 6.13. The standard InChI is InChI=1S/C31H35F3N6O2S2/c1-5-44(41,42)31(3,4)18-8-9-20(12-18)38-28-25(29-39-27-24(43-29)10-11-35-26(27)17-6-7-17)16(2)37-30(40-28)36-15-21-22(33)13-19(32)14-23(21)34/h10-11,13-14,17-18,20H,5-9,12,15H2,1-4H3,(H2,36,37,38,40)/t18-,20+/m1/s1. The second kappa shape index (κ2) is 11.6. The van der Waals surface area contributed by atoms with Gasteiger partial charge in [-0.25, -0.2) is 31.6 Å². The van der Waals surface area contributed by atoms with E-state index in [0.29, 0.717) is 41.5 Å². The summed E-state index contributed by atoms with van der Waals surface area (Å²) in [7, 11) is -3.27. The average Bonchev–Trinajstić information content (AvgIpc) is 3.53. The van der Waals surface area contributed by atoms with E-state index in [0.717, 1.165) is 46.6 Å². The molecule has 4 aromatic rings. The Balaban J connectivity index is 1.35. The first-order chi connectivity index (χ1) is 20.9. The van der Waals surface area contributed by atoms with Crippen LogP contribution in [0.4, 0.5) is 24.9 Å². The Morgan fingerprint density at radius 3 is 2.45 bits per heavy atom. The Hall–Kier alpha value is -3.32. The molecule has 0 bridgehead atoms. The number of aryl methyl sites for hydroxylation is 1. The van der Waals surface area contributed by atoms with Crippen LogP contribution in [0.5, 0.6) is 0 Å². The number of fused-ring (bicyclic) bond motifs is 1. The Kier molecular flexibility index (Phi) is 8.06. The van der Waals surface area contributed by atoms with Gasteiger partial charge in [-0.1, -0.05) is 6.92 Å². The third kappa shape index (κ3) is 5.76. The molecule has 2 atom stereocenters. The van der Waals surface area contributed by atoms with Gasteiger partial charge in [0.2, 0.25) is 5.95 Å². The van der Waals surface area contributed by atoms with Crippen molar-refractivity contribution in [2.45, 2.75) is 83.1 Å². The predicted octanol–water partition coefficient (Wildman–Crippen LogP) is 7.16. The third-order valence-corrected chi connectivity index (χ3v) is 12.8. The minimum absolute atomic E-state index is 0.0343. The molecule has 2 saturated carbocycles. The van der Waals surface area contributed by atoms with Crippen molar-refractivity contribution in [1.82, 2.24) is 19.9 Å². The zero-order valence-electron chi connectivity index (χ0n) is 25.0. The molecule has 2 aliphatic rings. The Labute approximate surface area is 258 Å². The summed E-state index contributed by atoms with van der Waals surface area (Å²) in [5.41, 5.74) is 2.86. The van der Waals surface area contributed by atoms with Gasteiger partial charge in [-0.05, 0) is 64.9 Å². The van der Waals surface area contributed by atoms with Crippen molar-refractivity contribution >= 4 is 43.2 Å². The van der Waals surface area contributed by atoms with Crippen LogP contribution in [0.3, 0.4) is 0 Å². The van der Waals surface area contributed by atoms with Crippen LogP contribution in [0.25, 0.3) is 20.8 Å². The van der Waals surface area contributed by atoms with Crippen molar-refractivity contribution < 1.29 is 21.6 Å². The summed E-state index contributed by atoms with van der Waals surface area (Å²) < 4.78 is 68.0. The van der Waals surface area contributed by atoms with Crippen molar-refractivity contribution in [2.75, 3.05) is 16.4 Å². The van der Waals surface area contributed by atoms with Gasteiger partial charge in [-0.3, -0.25) is 4.98 Å². The van der Waals surface area contributed by atoms with Gasteiger partial charge in [-0.2, -0.15) is 4.98 Å². The van der Waals surface area contributed by atoms with Crippen molar-refractivity contribution in [3.8, 4) is 10.6 Å². The van der Waals surface area contributed by atoms with E-state index in [1.165, 1.54) is 11.3 Å². The van der Waals surface area contributed by atoms with Crippen LogP contribution >= 0.6 is 11.3 Å². The summed E-state index contributed by atoms with van der Waals surface area (Å²) in [6, 6.07) is 3.16. The van der Waals surface area contributed by atoms with Gasteiger partial charge in [0.25, 0.3) is 0 Å². The van der Waals surface area contributed by atoms with E-state index in [1.54, 1.807) is 6.92 Å². The number of anilines is 2. The lowest BCUT2D eigenvalue weighted by Gasteiger charge is -2.31. The molecule has 0 aliphatic heterocycles. The maximum Gasteiger partial charge on any atom is 0.225 e. The molecule has 3 aromatic heterocycles. The van der Waals surface area contributed by atoms with Gasteiger partial charge in [0.05, 0.1) is 26.4 Å². The molecular weight excluding hydrogens is 610 g/mol. The van der Waals surface area contributed by atoms with Gasteiger partial charge in [-0.15, -0.1) is 11.3 Å². The first kappa shape index (κ1) is 30.7. The van der Waals surface area contributed by atoms with Crippen LogP contribution in [-0.4, -0.2) is 44.9 Å². The highest BCUT2D eigenvalue weighted by Crippen LogP contribution is 2.45. The Bertz CT molecular complexity index is 1820. The molecule has 0 amide bonds. The van der Waals surface area contributed by atoms with E-state index in [2.05, 4.69) is 20.6 Å². The van der Waals surface area contributed by atoms with E-state index in [9.17, 15) is 21.6 Å². The van der Waals surface area contributed by atoms with Gasteiger partial charge < -0.3 is 10.6 Å². The number of hydrogen-bond acceptors (Lipinski definition) is 9. The number of benzene rings is 1. The Morgan fingerprint density at radius 2 is 1.77 bits per heavy atom. The minimum atomic E-state index is -3.27. The molecule has 0 saturated heterocycles. The molecule has 0 unspecified atom stereocenters. The van der Waals surface area contributed by atoms with Crippen molar-refractivity contribution in [3.05, 3.63) is 58.8 Å². The highest BCUT2D eigenvalue weighted by Gasteiger charge is 2.44. The van der Waals surface area contributed by atoms with Gasteiger partial charge in [0, 0.05) is 48.2 Å². The second-order valence-electron chi connectivity index (χ2n) is 12.3. The average molecular weight is 645 g/mol. The molecule has 2 fully saturated rings. The SMILES string of the molecule is CCS(=O)(=O)C(C)(C)[C@@H]1CC[C@H](Nc2nc(NCc3c(F)cc(F)cc3F)nc(C)c2-c2nc3c(C4CC4)nccc3s2)C1. The van der Waals surface area contributed by atoms with Crippen molar-refractivity contribution in [2.24, 2.45) is 5.92 Å². The van der Waals surface area contributed by atoms with E-state index < -0.39 is 32.0 Å². The number of sulfone groups is 1. The van der Waals surface area contributed by atoms with Crippen LogP contribution in [0.1, 0.15) is 75.7 Å². The number of nitrogens with one attached hydrogen (secondary N) is 2. The maximum absolute atomic E-state index is 14.3. The summed E-state index contributed by atoms with van der Waals surface area (Å²) in [5, 5.41) is 7.17. The lowest BCUT2D eigenvalue weighted by molar-refractivity contribution is 0.403. The topological polar surface area (TPSA) is 110 Å². The Morgan fingerprint density at radius 1 is 1.05 bits per heavy atom. The largest absolute Gasteiger partial charge is 0.367 e. The van der Waals surface area contributed by atoms with Gasteiger partial charge in [0.15, 0.2) is 9.84 Å². The van der Waals surface area contributed by atoms with Crippen LogP contribution in [0.15, 0.2) is 24.4 Å². The highest BCUT2D eigenvalue weighted by molar-refractivity contribution is 7.92. The highest BCUT2D eigenvalue weighted by atomic mass is 32.2. The summed E-state index contributed by atoms with van der Waals surface area (Å²) in [5.74, 6) is -1.89. The van der Waals surface area contributed by atoms with Gasteiger partial charge >= 0.3 is 0 Å². The molecule has 44 heavy (non-hydrogen) atoms. The number of aromatic nitrogens is 4. The fourth-order valence-corrected chi connectivity index (χ4v) is 8.65. The molecule has 0 spiro atoms.